The molecule has 0 radical (unpaired) electrons. The fourth-order valence-electron chi connectivity index (χ4n) is 4.46. The molecule has 32 heavy (non-hydrogen) atoms. The summed E-state index contributed by atoms with van der Waals surface area (Å²) in [5.74, 6) is 2.46. The van der Waals surface area contributed by atoms with Crippen LogP contribution in [0.15, 0.2) is 58.1 Å². The number of hydrogen-bond acceptors (Lipinski definition) is 4. The Balaban J connectivity index is 0.00000289. The molecule has 7 heteroatoms. The first kappa shape index (κ1) is 25.1. The van der Waals surface area contributed by atoms with Crippen LogP contribution in [0.3, 0.4) is 0 Å². The third kappa shape index (κ3) is 7.78. The number of nitrogens with zero attached hydrogens (tertiary/aromatic N) is 2. The molecule has 2 aliphatic rings. The maximum absolute atomic E-state index is 5.52. The number of hydrogen-bond donors (Lipinski definition) is 2. The number of likely N-dealkylation sites (tertiary alicyclic amines) is 1. The third-order valence-corrected chi connectivity index (χ3v) is 6.36. The Morgan fingerprint density at radius 2 is 2.03 bits per heavy atom. The molecule has 3 atom stereocenters. The summed E-state index contributed by atoms with van der Waals surface area (Å²) >= 11 is 0. The van der Waals surface area contributed by atoms with Crippen molar-refractivity contribution in [3.63, 3.8) is 0 Å². The minimum absolute atomic E-state index is 0. The van der Waals surface area contributed by atoms with E-state index in [2.05, 4.69) is 52.8 Å². The van der Waals surface area contributed by atoms with Crippen molar-refractivity contribution in [3.8, 4) is 0 Å². The lowest BCUT2D eigenvalue weighted by Crippen LogP contribution is -2.51. The van der Waals surface area contributed by atoms with Gasteiger partial charge in [-0.25, -0.2) is 0 Å². The smallest absolute Gasteiger partial charge is 0.191 e. The fraction of sp³-hybridized carbons (Fsp3) is 0.560. The molecule has 3 unspecified atom stereocenters. The van der Waals surface area contributed by atoms with Gasteiger partial charge in [0.1, 0.15) is 5.76 Å². The number of nitrogens with one attached hydrogen (secondary N) is 2. The summed E-state index contributed by atoms with van der Waals surface area (Å²) in [6.07, 6.45) is 5.94. The molecule has 1 aromatic heterocycles. The molecule has 0 bridgehead atoms. The molecule has 4 rings (SSSR count). The summed E-state index contributed by atoms with van der Waals surface area (Å²) in [7, 11) is 0. The van der Waals surface area contributed by atoms with E-state index in [0.717, 1.165) is 76.8 Å². The summed E-state index contributed by atoms with van der Waals surface area (Å²) in [6, 6.07) is 15.7. The van der Waals surface area contributed by atoms with E-state index in [1.54, 1.807) is 6.26 Å². The SMILES string of the molecule is CC1CC(NC(=NCC2CCOC2)NCCc2ccco2)CCN1Cc1ccccc1.I. The zero-order valence-electron chi connectivity index (χ0n) is 19.0. The van der Waals surface area contributed by atoms with Gasteiger partial charge in [0.2, 0.25) is 0 Å². The summed E-state index contributed by atoms with van der Waals surface area (Å²) < 4.78 is 11.0. The quantitative estimate of drug-likeness (QED) is 0.294. The van der Waals surface area contributed by atoms with Crippen LogP contribution in [0.2, 0.25) is 0 Å². The van der Waals surface area contributed by atoms with Crippen LogP contribution in [0, 0.1) is 5.92 Å². The Hall–Kier alpha value is -1.58. The van der Waals surface area contributed by atoms with Gasteiger partial charge in [-0.2, -0.15) is 0 Å². The van der Waals surface area contributed by atoms with E-state index in [9.17, 15) is 0 Å². The Bertz CT molecular complexity index is 794. The van der Waals surface area contributed by atoms with E-state index in [-0.39, 0.29) is 24.0 Å². The van der Waals surface area contributed by atoms with Gasteiger partial charge in [-0.15, -0.1) is 24.0 Å². The number of halogens is 1. The van der Waals surface area contributed by atoms with E-state index in [1.165, 1.54) is 5.56 Å². The molecule has 2 N–H and O–H groups in total. The van der Waals surface area contributed by atoms with Crippen LogP contribution in [0.1, 0.15) is 37.5 Å². The zero-order chi connectivity index (χ0) is 21.3. The van der Waals surface area contributed by atoms with Gasteiger partial charge in [0.25, 0.3) is 0 Å². The van der Waals surface area contributed by atoms with Crippen LogP contribution in [0.5, 0.6) is 0 Å². The van der Waals surface area contributed by atoms with Gasteiger partial charge in [-0.1, -0.05) is 30.3 Å². The predicted molar refractivity (Wildman–Crippen MR) is 140 cm³/mol. The van der Waals surface area contributed by atoms with E-state index < -0.39 is 0 Å². The molecular formula is C25H37IN4O2. The van der Waals surface area contributed by atoms with Gasteiger partial charge >= 0.3 is 0 Å². The normalized spacial score (nSPS) is 24.2. The van der Waals surface area contributed by atoms with Crippen LogP contribution in [-0.4, -0.2) is 55.8 Å². The van der Waals surface area contributed by atoms with Gasteiger partial charge < -0.3 is 19.8 Å². The number of aliphatic imine (C=N–C) groups is 1. The maximum atomic E-state index is 5.52. The van der Waals surface area contributed by atoms with Crippen LogP contribution in [0.25, 0.3) is 0 Å². The van der Waals surface area contributed by atoms with Gasteiger partial charge in [-0.3, -0.25) is 9.89 Å². The number of rotatable bonds is 8. The molecule has 3 heterocycles. The highest BCUT2D eigenvalue weighted by molar-refractivity contribution is 14.0. The average molecular weight is 553 g/mol. The van der Waals surface area contributed by atoms with Crippen molar-refractivity contribution in [1.29, 1.82) is 0 Å². The lowest BCUT2D eigenvalue weighted by Gasteiger charge is -2.38. The van der Waals surface area contributed by atoms with Gasteiger partial charge in [0.15, 0.2) is 5.96 Å². The molecule has 0 saturated carbocycles. The highest BCUT2D eigenvalue weighted by Gasteiger charge is 2.26. The Kier molecular flexibility index (Phi) is 10.3. The molecule has 176 valence electrons. The van der Waals surface area contributed by atoms with Crippen LogP contribution >= 0.6 is 24.0 Å². The minimum atomic E-state index is 0. The minimum Gasteiger partial charge on any atom is -0.469 e. The van der Waals surface area contributed by atoms with Crippen LogP contribution in [0.4, 0.5) is 0 Å². The molecule has 2 aromatic rings. The van der Waals surface area contributed by atoms with Crippen molar-refractivity contribution in [2.75, 3.05) is 32.8 Å². The molecule has 2 fully saturated rings. The van der Waals surface area contributed by atoms with Crippen molar-refractivity contribution in [3.05, 3.63) is 60.1 Å². The second kappa shape index (κ2) is 13.2. The fourth-order valence-corrected chi connectivity index (χ4v) is 4.46. The Labute approximate surface area is 209 Å². The van der Waals surface area contributed by atoms with Crippen molar-refractivity contribution in [1.82, 2.24) is 15.5 Å². The van der Waals surface area contributed by atoms with Gasteiger partial charge in [0, 0.05) is 57.2 Å². The molecule has 1 aromatic carbocycles. The predicted octanol–water partition coefficient (Wildman–Crippen LogP) is 4.06. The number of benzene rings is 1. The van der Waals surface area contributed by atoms with Crippen LogP contribution < -0.4 is 10.6 Å². The molecule has 0 amide bonds. The van der Waals surface area contributed by atoms with Crippen molar-refractivity contribution in [2.45, 2.75) is 51.2 Å². The molecule has 6 nitrogen and oxygen atoms in total. The van der Waals surface area contributed by atoms with Gasteiger partial charge in [-0.05, 0) is 43.9 Å². The van der Waals surface area contributed by atoms with Gasteiger partial charge in [0.05, 0.1) is 12.9 Å². The number of furan rings is 1. The molecule has 0 aliphatic carbocycles. The summed E-state index contributed by atoms with van der Waals surface area (Å²) in [4.78, 5) is 7.49. The van der Waals surface area contributed by atoms with E-state index in [1.807, 2.05) is 12.1 Å². The average Bonchev–Trinajstić information content (AvgIpc) is 3.49. The summed E-state index contributed by atoms with van der Waals surface area (Å²) in [5, 5.41) is 7.24. The highest BCUT2D eigenvalue weighted by atomic mass is 127. The Morgan fingerprint density at radius 1 is 1.16 bits per heavy atom. The largest absolute Gasteiger partial charge is 0.469 e. The standard InChI is InChI=1S/C25H36N4O2.HI/c1-20-16-23(10-13-29(20)18-21-6-3-2-4-7-21)28-25(27-17-22-11-15-30-19-22)26-12-9-24-8-5-14-31-24;/h2-8,14,20,22-23H,9-13,15-19H2,1H3,(H2,26,27,28);1H. The molecule has 0 spiro atoms. The van der Waals surface area contributed by atoms with E-state index in [0.29, 0.717) is 18.0 Å². The second-order valence-electron chi connectivity index (χ2n) is 8.85. The first-order valence-electron chi connectivity index (χ1n) is 11.7. The third-order valence-electron chi connectivity index (χ3n) is 6.36. The van der Waals surface area contributed by atoms with Crippen molar-refractivity contribution >= 4 is 29.9 Å². The second-order valence-corrected chi connectivity index (χ2v) is 8.85. The topological polar surface area (TPSA) is 62.0 Å². The lowest BCUT2D eigenvalue weighted by molar-refractivity contribution is 0.134. The monoisotopic (exact) mass is 552 g/mol. The maximum Gasteiger partial charge on any atom is 0.191 e. The number of ether oxygens (including phenoxy) is 1. The number of guanidine groups is 1. The molecule has 2 aliphatic heterocycles. The Morgan fingerprint density at radius 3 is 2.75 bits per heavy atom. The van der Waals surface area contributed by atoms with E-state index >= 15 is 0 Å². The molecule has 2 saturated heterocycles. The van der Waals surface area contributed by atoms with Crippen LogP contribution in [-0.2, 0) is 17.7 Å². The van der Waals surface area contributed by atoms with Crippen molar-refractivity contribution < 1.29 is 9.15 Å². The highest BCUT2D eigenvalue weighted by Crippen LogP contribution is 2.20. The van der Waals surface area contributed by atoms with E-state index in [4.69, 9.17) is 14.1 Å². The number of piperidine rings is 1. The van der Waals surface area contributed by atoms with Crippen molar-refractivity contribution in [2.24, 2.45) is 10.9 Å². The summed E-state index contributed by atoms with van der Waals surface area (Å²) in [6.45, 7) is 7.79. The zero-order valence-corrected chi connectivity index (χ0v) is 21.4. The summed E-state index contributed by atoms with van der Waals surface area (Å²) in [5.41, 5.74) is 1.39. The molecular weight excluding hydrogens is 515 g/mol. The first-order chi connectivity index (χ1) is 15.3. The lowest BCUT2D eigenvalue weighted by atomic mass is 9.97. The first-order valence-corrected chi connectivity index (χ1v) is 11.7.